The first-order valence-electron chi connectivity index (χ1n) is 12.1. The molecule has 10 nitrogen and oxygen atoms in total. The summed E-state index contributed by atoms with van der Waals surface area (Å²) in [4.78, 5) is 30.8. The van der Waals surface area contributed by atoms with Gasteiger partial charge in [-0.1, -0.05) is 0 Å². The molecule has 6 rings (SSSR count). The minimum atomic E-state index is -0.916. The first-order chi connectivity index (χ1) is 18.4. The molecule has 0 aliphatic carbocycles. The van der Waals surface area contributed by atoms with Crippen LogP contribution in [0.15, 0.2) is 61.2 Å². The molecule has 4 heterocycles. The van der Waals surface area contributed by atoms with Crippen molar-refractivity contribution >= 4 is 34.7 Å². The number of rotatable bonds is 5. The SMILES string of the molecule is COc1cc(Nc2ncc3c(n2)N(C)C2(CCOC2)C(=O)N3c2ccc(F)cc2)ccc1-n1cnc(C)c1. The van der Waals surface area contributed by atoms with Crippen molar-refractivity contribution < 1.29 is 18.7 Å². The van der Waals surface area contributed by atoms with Crippen molar-refractivity contribution in [3.8, 4) is 11.4 Å². The van der Waals surface area contributed by atoms with E-state index in [1.807, 2.05) is 47.8 Å². The average molecular weight is 516 g/mol. The standard InChI is InChI=1S/C27H26FN7O3/c1-17-14-34(16-30-17)21-9-6-19(12-23(21)37-3)31-26-29-13-22-24(32-26)33(2)27(10-11-38-15-27)25(36)35(22)20-7-4-18(28)5-8-20/h4-9,12-14,16H,10-11,15H2,1-3H3,(H,29,31,32). The number of nitrogens with one attached hydrogen (secondary N) is 1. The van der Waals surface area contributed by atoms with Crippen LogP contribution in [0, 0.1) is 12.7 Å². The number of imidazole rings is 1. The molecule has 0 radical (unpaired) electrons. The number of aryl methyl sites for hydroxylation is 1. The summed E-state index contributed by atoms with van der Waals surface area (Å²) in [5.74, 6) is 1.03. The molecule has 1 fully saturated rings. The second-order valence-corrected chi connectivity index (χ2v) is 9.35. The Morgan fingerprint density at radius 1 is 1.13 bits per heavy atom. The first kappa shape index (κ1) is 23.9. The van der Waals surface area contributed by atoms with Gasteiger partial charge in [0.05, 0.1) is 37.6 Å². The summed E-state index contributed by atoms with van der Waals surface area (Å²) in [6, 6.07) is 11.5. The van der Waals surface area contributed by atoms with Crippen LogP contribution in [0.5, 0.6) is 5.75 Å². The Labute approximate surface area is 218 Å². The van der Waals surface area contributed by atoms with Gasteiger partial charge in [-0.15, -0.1) is 0 Å². The Kier molecular flexibility index (Phi) is 5.72. The number of anilines is 5. The van der Waals surface area contributed by atoms with Crippen molar-refractivity contribution in [1.29, 1.82) is 0 Å². The molecule has 2 aliphatic heterocycles. The number of aromatic nitrogens is 4. The highest BCUT2D eigenvalue weighted by Crippen LogP contribution is 2.45. The number of fused-ring (bicyclic) bond motifs is 1. The number of hydrogen-bond donors (Lipinski definition) is 1. The van der Waals surface area contributed by atoms with E-state index in [9.17, 15) is 9.18 Å². The fourth-order valence-electron chi connectivity index (χ4n) is 4.98. The minimum absolute atomic E-state index is 0.156. The molecule has 1 atom stereocenters. The van der Waals surface area contributed by atoms with Crippen LogP contribution < -0.4 is 19.9 Å². The average Bonchev–Trinajstić information content (AvgIpc) is 3.59. The number of carbonyl (C=O) groups excluding carboxylic acids is 1. The van der Waals surface area contributed by atoms with Crippen molar-refractivity contribution in [2.45, 2.75) is 18.9 Å². The van der Waals surface area contributed by atoms with Gasteiger partial charge in [-0.2, -0.15) is 4.98 Å². The molecular formula is C27H26FN7O3. The van der Waals surface area contributed by atoms with Crippen molar-refractivity contribution in [2.75, 3.05) is 42.5 Å². The van der Waals surface area contributed by atoms with E-state index in [4.69, 9.17) is 14.5 Å². The van der Waals surface area contributed by atoms with Crippen molar-refractivity contribution in [3.63, 3.8) is 0 Å². The van der Waals surface area contributed by atoms with Gasteiger partial charge in [0.25, 0.3) is 5.91 Å². The third-order valence-electron chi connectivity index (χ3n) is 7.06. The number of hydrogen-bond acceptors (Lipinski definition) is 8. The van der Waals surface area contributed by atoms with E-state index in [1.165, 1.54) is 12.1 Å². The van der Waals surface area contributed by atoms with Crippen LogP contribution in [0.25, 0.3) is 5.69 Å². The molecule has 1 saturated heterocycles. The van der Waals surface area contributed by atoms with Crippen LogP contribution in [-0.2, 0) is 9.53 Å². The van der Waals surface area contributed by atoms with Crippen molar-refractivity contribution in [1.82, 2.24) is 19.5 Å². The van der Waals surface area contributed by atoms with E-state index in [0.717, 1.165) is 17.1 Å². The summed E-state index contributed by atoms with van der Waals surface area (Å²) in [6.07, 6.45) is 5.77. The zero-order chi connectivity index (χ0) is 26.4. The third-order valence-corrected chi connectivity index (χ3v) is 7.06. The van der Waals surface area contributed by atoms with Gasteiger partial charge in [0.15, 0.2) is 5.82 Å². The lowest BCUT2D eigenvalue weighted by molar-refractivity contribution is -0.123. The molecule has 2 aromatic carbocycles. The van der Waals surface area contributed by atoms with Gasteiger partial charge < -0.3 is 24.3 Å². The Morgan fingerprint density at radius 2 is 1.95 bits per heavy atom. The van der Waals surface area contributed by atoms with Gasteiger partial charge >= 0.3 is 0 Å². The maximum atomic E-state index is 13.8. The number of nitrogens with zero attached hydrogens (tertiary/aromatic N) is 6. The van der Waals surface area contributed by atoms with Gasteiger partial charge in [0.2, 0.25) is 5.95 Å². The smallest absolute Gasteiger partial charge is 0.260 e. The van der Waals surface area contributed by atoms with Crippen molar-refractivity contribution in [2.24, 2.45) is 0 Å². The number of amides is 1. The minimum Gasteiger partial charge on any atom is -0.494 e. The van der Waals surface area contributed by atoms with Crippen LogP contribution >= 0.6 is 0 Å². The number of benzene rings is 2. The Hall–Kier alpha value is -4.51. The van der Waals surface area contributed by atoms with Gasteiger partial charge in [0.1, 0.15) is 22.8 Å². The second-order valence-electron chi connectivity index (χ2n) is 9.35. The molecular weight excluding hydrogens is 489 g/mol. The van der Waals surface area contributed by atoms with E-state index in [1.54, 1.807) is 36.7 Å². The Bertz CT molecular complexity index is 1520. The van der Waals surface area contributed by atoms with E-state index in [-0.39, 0.29) is 18.3 Å². The van der Waals surface area contributed by atoms with E-state index in [2.05, 4.69) is 15.3 Å². The number of halogens is 1. The molecule has 11 heteroatoms. The number of methoxy groups -OCH3 is 1. The Balaban J connectivity index is 1.38. The zero-order valence-corrected chi connectivity index (χ0v) is 21.2. The number of likely N-dealkylation sites (N-methyl/N-ethyl adjacent to an activating group) is 1. The normalized spacial score (nSPS) is 18.7. The molecule has 1 unspecified atom stereocenters. The Morgan fingerprint density at radius 3 is 2.63 bits per heavy atom. The van der Waals surface area contributed by atoms with Crippen LogP contribution in [0.4, 0.5) is 33.2 Å². The summed E-state index contributed by atoms with van der Waals surface area (Å²) >= 11 is 0. The molecule has 1 spiro atoms. The summed E-state index contributed by atoms with van der Waals surface area (Å²) in [5, 5.41) is 3.25. The molecule has 38 heavy (non-hydrogen) atoms. The quantitative estimate of drug-likeness (QED) is 0.424. The summed E-state index contributed by atoms with van der Waals surface area (Å²) in [7, 11) is 3.45. The van der Waals surface area contributed by atoms with Gasteiger partial charge in [0, 0.05) is 43.7 Å². The molecule has 0 bridgehead atoms. The molecule has 2 aromatic heterocycles. The summed E-state index contributed by atoms with van der Waals surface area (Å²) in [5.41, 5.74) is 2.61. The lowest BCUT2D eigenvalue weighted by Gasteiger charge is -2.45. The zero-order valence-electron chi connectivity index (χ0n) is 21.2. The summed E-state index contributed by atoms with van der Waals surface area (Å²) < 4.78 is 26.8. The van der Waals surface area contributed by atoms with E-state index >= 15 is 0 Å². The fourth-order valence-corrected chi connectivity index (χ4v) is 4.98. The third kappa shape index (κ3) is 3.82. The highest BCUT2D eigenvalue weighted by molar-refractivity contribution is 6.12. The molecule has 194 valence electrons. The highest BCUT2D eigenvalue weighted by Gasteiger charge is 2.53. The highest BCUT2D eigenvalue weighted by atomic mass is 19.1. The van der Waals surface area contributed by atoms with Crippen LogP contribution in [0.2, 0.25) is 0 Å². The largest absolute Gasteiger partial charge is 0.494 e. The second kappa shape index (κ2) is 9.10. The predicted octanol–water partition coefficient (Wildman–Crippen LogP) is 4.14. The lowest BCUT2D eigenvalue weighted by Crippen LogP contribution is -2.62. The maximum absolute atomic E-state index is 13.8. The van der Waals surface area contributed by atoms with Gasteiger partial charge in [-0.05, 0) is 43.3 Å². The molecule has 1 amide bonds. The molecule has 4 aromatic rings. The van der Waals surface area contributed by atoms with Crippen LogP contribution in [0.1, 0.15) is 12.1 Å². The lowest BCUT2D eigenvalue weighted by atomic mass is 9.91. The molecule has 2 aliphatic rings. The van der Waals surface area contributed by atoms with E-state index < -0.39 is 5.54 Å². The summed E-state index contributed by atoms with van der Waals surface area (Å²) in [6.45, 7) is 2.62. The molecule has 0 saturated carbocycles. The van der Waals surface area contributed by atoms with Crippen LogP contribution in [0.3, 0.4) is 0 Å². The van der Waals surface area contributed by atoms with E-state index in [0.29, 0.717) is 41.9 Å². The first-order valence-corrected chi connectivity index (χ1v) is 12.1. The molecule has 1 N–H and O–H groups in total. The topological polar surface area (TPSA) is 97.6 Å². The van der Waals surface area contributed by atoms with Gasteiger partial charge in [-0.25, -0.2) is 14.4 Å². The fraction of sp³-hybridized carbons (Fsp3) is 0.259. The van der Waals surface area contributed by atoms with Gasteiger partial charge in [-0.3, -0.25) is 9.69 Å². The van der Waals surface area contributed by atoms with Crippen LogP contribution in [-0.4, -0.2) is 58.3 Å². The monoisotopic (exact) mass is 515 g/mol. The maximum Gasteiger partial charge on any atom is 0.260 e. The predicted molar refractivity (Wildman–Crippen MR) is 140 cm³/mol. The number of carbonyl (C=O) groups is 1. The number of ether oxygens (including phenoxy) is 2. The van der Waals surface area contributed by atoms with Crippen molar-refractivity contribution in [3.05, 3.63) is 72.7 Å².